The van der Waals surface area contributed by atoms with E-state index in [9.17, 15) is 9.59 Å². The Morgan fingerprint density at radius 3 is 2.79 bits per heavy atom. The van der Waals surface area contributed by atoms with E-state index in [2.05, 4.69) is 10.4 Å². The van der Waals surface area contributed by atoms with E-state index in [1.807, 2.05) is 0 Å². The smallest absolute Gasteiger partial charge is 0.305 e. The summed E-state index contributed by atoms with van der Waals surface area (Å²) < 4.78 is 1.49. The van der Waals surface area contributed by atoms with Crippen LogP contribution in [0.3, 0.4) is 0 Å². The monoisotopic (exact) mass is 265 g/mol. The highest BCUT2D eigenvalue weighted by Crippen LogP contribution is 2.17. The summed E-state index contributed by atoms with van der Waals surface area (Å²) in [5, 5.41) is 15.6. The number of aliphatic carboxylic acids is 1. The van der Waals surface area contributed by atoms with E-state index in [0.717, 1.165) is 12.8 Å². The normalized spacial score (nSPS) is 16.2. The van der Waals surface area contributed by atoms with Crippen molar-refractivity contribution in [1.82, 2.24) is 15.1 Å². The van der Waals surface area contributed by atoms with Gasteiger partial charge in [-0.1, -0.05) is 19.3 Å². The summed E-state index contributed by atoms with van der Waals surface area (Å²) in [5.74, 6) is -0.989. The van der Waals surface area contributed by atoms with E-state index in [0.29, 0.717) is 5.56 Å². The highest BCUT2D eigenvalue weighted by molar-refractivity contribution is 5.93. The maximum absolute atomic E-state index is 12.0. The van der Waals surface area contributed by atoms with Gasteiger partial charge in [0.05, 0.1) is 24.7 Å². The molecule has 0 bridgehead atoms. The van der Waals surface area contributed by atoms with Crippen LogP contribution in [0.5, 0.6) is 0 Å². The number of carboxylic acid groups (broad SMARTS) is 1. The molecule has 1 aromatic rings. The molecule has 1 aliphatic carbocycles. The summed E-state index contributed by atoms with van der Waals surface area (Å²) in [4.78, 5) is 22.4. The van der Waals surface area contributed by atoms with Gasteiger partial charge in [-0.15, -0.1) is 0 Å². The lowest BCUT2D eigenvalue weighted by molar-refractivity contribution is -0.137. The van der Waals surface area contributed by atoms with E-state index < -0.39 is 5.97 Å². The molecule has 0 aliphatic heterocycles. The fraction of sp³-hybridized carbons (Fsp3) is 0.615. The fourth-order valence-corrected chi connectivity index (χ4v) is 2.33. The van der Waals surface area contributed by atoms with Crippen molar-refractivity contribution >= 4 is 11.9 Å². The molecule has 19 heavy (non-hydrogen) atoms. The van der Waals surface area contributed by atoms with Crippen molar-refractivity contribution < 1.29 is 14.7 Å². The van der Waals surface area contributed by atoms with Crippen LogP contribution < -0.4 is 5.32 Å². The summed E-state index contributed by atoms with van der Waals surface area (Å²) >= 11 is 0. The quantitative estimate of drug-likeness (QED) is 0.843. The Kier molecular flexibility index (Phi) is 4.54. The zero-order valence-electron chi connectivity index (χ0n) is 10.8. The second kappa shape index (κ2) is 6.36. The second-order valence-corrected chi connectivity index (χ2v) is 4.94. The zero-order valence-corrected chi connectivity index (χ0v) is 10.8. The lowest BCUT2D eigenvalue weighted by Crippen LogP contribution is -2.36. The second-order valence-electron chi connectivity index (χ2n) is 4.94. The minimum absolute atomic E-state index is 0.00532. The predicted molar refractivity (Wildman–Crippen MR) is 68.8 cm³/mol. The molecular formula is C13H19N3O3. The number of hydrogen-bond donors (Lipinski definition) is 2. The van der Waals surface area contributed by atoms with Crippen LogP contribution in [0.2, 0.25) is 0 Å². The molecule has 6 nitrogen and oxygen atoms in total. The largest absolute Gasteiger partial charge is 0.481 e. The molecule has 1 heterocycles. The summed E-state index contributed by atoms with van der Waals surface area (Å²) in [6.07, 6.45) is 8.76. The van der Waals surface area contributed by atoms with Gasteiger partial charge in [0.25, 0.3) is 5.91 Å². The lowest BCUT2D eigenvalue weighted by Gasteiger charge is -2.22. The number of hydrogen-bond acceptors (Lipinski definition) is 3. The average molecular weight is 265 g/mol. The van der Waals surface area contributed by atoms with Crippen molar-refractivity contribution in [2.75, 3.05) is 0 Å². The minimum atomic E-state index is -0.872. The van der Waals surface area contributed by atoms with Crippen LogP contribution in [0.1, 0.15) is 48.9 Å². The molecule has 2 rings (SSSR count). The first-order valence-corrected chi connectivity index (χ1v) is 6.70. The van der Waals surface area contributed by atoms with E-state index >= 15 is 0 Å². The van der Waals surface area contributed by atoms with Crippen LogP contribution in [-0.4, -0.2) is 32.8 Å². The first-order chi connectivity index (χ1) is 9.15. The van der Waals surface area contributed by atoms with Gasteiger partial charge < -0.3 is 10.4 Å². The molecular weight excluding hydrogens is 246 g/mol. The molecule has 1 fully saturated rings. The zero-order chi connectivity index (χ0) is 13.7. The molecule has 1 aliphatic rings. The molecule has 6 heteroatoms. The van der Waals surface area contributed by atoms with Gasteiger partial charge in [-0.05, 0) is 12.8 Å². The van der Waals surface area contributed by atoms with E-state index in [4.69, 9.17) is 5.11 Å². The van der Waals surface area contributed by atoms with Crippen molar-refractivity contribution in [2.45, 2.75) is 51.1 Å². The number of amides is 1. The molecule has 0 aromatic carbocycles. The van der Waals surface area contributed by atoms with Crippen LogP contribution in [-0.2, 0) is 11.3 Å². The third-order valence-electron chi connectivity index (χ3n) is 3.39. The average Bonchev–Trinajstić information content (AvgIpc) is 2.86. The predicted octanol–water partition coefficient (Wildman–Crippen LogP) is 1.42. The summed E-state index contributed by atoms with van der Waals surface area (Å²) in [6, 6.07) is 0.267. The third-order valence-corrected chi connectivity index (χ3v) is 3.39. The van der Waals surface area contributed by atoms with Crippen molar-refractivity contribution in [3.05, 3.63) is 18.0 Å². The molecule has 0 saturated heterocycles. The van der Waals surface area contributed by atoms with Crippen molar-refractivity contribution in [1.29, 1.82) is 0 Å². The molecule has 104 valence electrons. The number of carboxylic acids is 1. The van der Waals surface area contributed by atoms with Gasteiger partial charge in [-0.2, -0.15) is 5.10 Å². The molecule has 0 atom stereocenters. The number of nitrogens with one attached hydrogen (secondary N) is 1. The summed E-state index contributed by atoms with van der Waals surface area (Å²) in [5.41, 5.74) is 0.496. The third kappa shape index (κ3) is 4.08. The van der Waals surface area contributed by atoms with Crippen LogP contribution in [0.25, 0.3) is 0 Å². The molecule has 0 spiro atoms. The van der Waals surface area contributed by atoms with Crippen molar-refractivity contribution in [3.63, 3.8) is 0 Å². The van der Waals surface area contributed by atoms with Crippen molar-refractivity contribution in [3.8, 4) is 0 Å². The molecule has 0 unspecified atom stereocenters. The van der Waals surface area contributed by atoms with Gasteiger partial charge in [-0.3, -0.25) is 14.3 Å². The van der Waals surface area contributed by atoms with Crippen LogP contribution >= 0.6 is 0 Å². The number of carbonyl (C=O) groups excluding carboxylic acids is 1. The Labute approximate surface area is 111 Å². The van der Waals surface area contributed by atoms with Crippen LogP contribution in [0, 0.1) is 0 Å². The van der Waals surface area contributed by atoms with Gasteiger partial charge in [-0.25, -0.2) is 0 Å². The molecule has 1 saturated carbocycles. The lowest BCUT2D eigenvalue weighted by atomic mass is 9.95. The number of aromatic nitrogens is 2. The maximum atomic E-state index is 12.0. The van der Waals surface area contributed by atoms with Gasteiger partial charge in [0.2, 0.25) is 0 Å². The van der Waals surface area contributed by atoms with E-state index in [-0.39, 0.29) is 24.9 Å². The van der Waals surface area contributed by atoms with Gasteiger partial charge >= 0.3 is 5.97 Å². The van der Waals surface area contributed by atoms with Gasteiger partial charge in [0.1, 0.15) is 0 Å². The maximum Gasteiger partial charge on any atom is 0.305 e. The standard InChI is InChI=1S/C13H19N3O3/c17-12(18)6-7-16-9-10(8-14-16)13(19)15-11-4-2-1-3-5-11/h8-9,11H,1-7H2,(H,15,19)(H,17,18). The molecule has 1 amide bonds. The Balaban J connectivity index is 1.86. The molecule has 2 N–H and O–H groups in total. The summed E-state index contributed by atoms with van der Waals surface area (Å²) in [7, 11) is 0. The Morgan fingerprint density at radius 1 is 1.37 bits per heavy atom. The molecule has 1 aromatic heterocycles. The highest BCUT2D eigenvalue weighted by Gasteiger charge is 2.17. The topological polar surface area (TPSA) is 84.2 Å². The van der Waals surface area contributed by atoms with Crippen molar-refractivity contribution in [2.24, 2.45) is 0 Å². The summed E-state index contributed by atoms with van der Waals surface area (Å²) in [6.45, 7) is 0.284. The van der Waals surface area contributed by atoms with E-state index in [1.54, 1.807) is 6.20 Å². The van der Waals surface area contributed by atoms with Crippen LogP contribution in [0.4, 0.5) is 0 Å². The van der Waals surface area contributed by atoms with E-state index in [1.165, 1.54) is 30.1 Å². The molecule has 0 radical (unpaired) electrons. The number of carbonyl (C=O) groups is 2. The number of nitrogens with zero attached hydrogens (tertiary/aromatic N) is 2. The fourth-order valence-electron chi connectivity index (χ4n) is 2.33. The highest BCUT2D eigenvalue weighted by atomic mass is 16.4. The first-order valence-electron chi connectivity index (χ1n) is 6.70. The number of rotatable bonds is 5. The Hall–Kier alpha value is -1.85. The first kappa shape index (κ1) is 13.6. The number of aryl methyl sites for hydroxylation is 1. The van der Waals surface area contributed by atoms with Crippen LogP contribution in [0.15, 0.2) is 12.4 Å². The Morgan fingerprint density at radius 2 is 2.11 bits per heavy atom. The SMILES string of the molecule is O=C(O)CCn1cc(C(=O)NC2CCCCC2)cn1. The van der Waals surface area contributed by atoms with Gasteiger partial charge in [0, 0.05) is 12.2 Å². The Bertz CT molecular complexity index is 450. The van der Waals surface area contributed by atoms with Gasteiger partial charge in [0.15, 0.2) is 0 Å². The minimum Gasteiger partial charge on any atom is -0.481 e.